The second kappa shape index (κ2) is 8.41. The molecule has 4 unspecified atom stereocenters. The van der Waals surface area contributed by atoms with Gasteiger partial charge < -0.3 is 5.32 Å². The minimum atomic E-state index is 0.0787. The molecule has 0 saturated heterocycles. The van der Waals surface area contributed by atoms with E-state index in [9.17, 15) is 4.79 Å². The molecule has 4 atom stereocenters. The molecule has 1 N–H and O–H groups in total. The zero-order valence-corrected chi connectivity index (χ0v) is 14.5. The van der Waals surface area contributed by atoms with Gasteiger partial charge >= 0.3 is 0 Å². The zero-order chi connectivity index (χ0) is 15.2. The number of fused-ring (bicyclic) bond motifs is 1. The van der Waals surface area contributed by atoms with Gasteiger partial charge in [0.15, 0.2) is 0 Å². The van der Waals surface area contributed by atoms with Gasteiger partial charge in [-0.25, -0.2) is 0 Å². The molecule has 0 aliphatic heterocycles. The smallest absolute Gasteiger partial charge is 0.223 e. The predicted octanol–water partition coefficient (Wildman–Crippen LogP) is 4.75. The lowest BCUT2D eigenvalue weighted by Gasteiger charge is -2.38. The number of carbonyl (C=O) groups is 1. The molecular formula is C18H32ClNO. The van der Waals surface area contributed by atoms with Crippen molar-refractivity contribution in [1.82, 2.24) is 5.32 Å². The normalized spacial score (nSPS) is 30.8. The van der Waals surface area contributed by atoms with E-state index in [4.69, 9.17) is 11.6 Å². The minimum Gasteiger partial charge on any atom is -0.354 e. The van der Waals surface area contributed by atoms with Gasteiger partial charge in [0.2, 0.25) is 5.91 Å². The molecule has 2 saturated carbocycles. The van der Waals surface area contributed by atoms with Crippen LogP contribution in [0.3, 0.4) is 0 Å². The Hall–Kier alpha value is -0.240. The summed E-state index contributed by atoms with van der Waals surface area (Å²) in [5, 5.41) is 3.20. The zero-order valence-electron chi connectivity index (χ0n) is 13.7. The van der Waals surface area contributed by atoms with E-state index in [1.165, 1.54) is 32.1 Å². The summed E-state index contributed by atoms with van der Waals surface area (Å²) in [4.78, 5) is 12.4. The lowest BCUT2D eigenvalue weighted by molar-refractivity contribution is -0.127. The average Bonchev–Trinajstić information content (AvgIpc) is 2.53. The Morgan fingerprint density at radius 2 is 1.76 bits per heavy atom. The number of nitrogens with one attached hydrogen (secondary N) is 1. The molecule has 1 amide bonds. The number of amides is 1. The van der Waals surface area contributed by atoms with Gasteiger partial charge in [0.25, 0.3) is 0 Å². The molecule has 3 heteroatoms. The van der Waals surface area contributed by atoms with Crippen molar-refractivity contribution in [2.24, 2.45) is 23.7 Å². The standard InChI is InChI=1S/C18H32ClNO/c1-3-13(4-2)17(19)12-20-18(21)16-10-9-14-7-5-6-8-15(14)11-16/h13-17H,3-12H2,1-2H3,(H,20,21). The minimum absolute atomic E-state index is 0.0787. The molecule has 0 aromatic heterocycles. The summed E-state index contributed by atoms with van der Waals surface area (Å²) in [6.07, 6.45) is 11.2. The topological polar surface area (TPSA) is 29.1 Å². The maximum atomic E-state index is 12.4. The van der Waals surface area contributed by atoms with E-state index in [0.717, 1.165) is 37.5 Å². The fraction of sp³-hybridized carbons (Fsp3) is 0.944. The van der Waals surface area contributed by atoms with Crippen LogP contribution in [0.4, 0.5) is 0 Å². The molecule has 0 spiro atoms. The van der Waals surface area contributed by atoms with Crippen LogP contribution in [0.5, 0.6) is 0 Å². The molecule has 2 nitrogen and oxygen atoms in total. The van der Waals surface area contributed by atoms with Crippen molar-refractivity contribution in [1.29, 1.82) is 0 Å². The second-order valence-electron chi connectivity index (χ2n) is 7.15. The summed E-state index contributed by atoms with van der Waals surface area (Å²) in [6.45, 7) is 4.99. The van der Waals surface area contributed by atoms with Crippen LogP contribution in [0.2, 0.25) is 0 Å². The van der Waals surface area contributed by atoms with Crippen molar-refractivity contribution in [2.75, 3.05) is 6.54 Å². The van der Waals surface area contributed by atoms with Crippen molar-refractivity contribution < 1.29 is 4.79 Å². The maximum Gasteiger partial charge on any atom is 0.223 e. The molecule has 0 heterocycles. The van der Waals surface area contributed by atoms with E-state index >= 15 is 0 Å². The van der Waals surface area contributed by atoms with Crippen LogP contribution in [-0.2, 0) is 4.79 Å². The Balaban J connectivity index is 1.76. The van der Waals surface area contributed by atoms with Crippen molar-refractivity contribution in [3.8, 4) is 0 Å². The molecule has 2 aliphatic rings. The summed E-state index contributed by atoms with van der Waals surface area (Å²) in [5.41, 5.74) is 0. The molecule has 122 valence electrons. The third kappa shape index (κ3) is 4.61. The quantitative estimate of drug-likeness (QED) is 0.704. The first-order valence-corrected chi connectivity index (χ1v) is 9.51. The highest BCUT2D eigenvalue weighted by Crippen LogP contribution is 2.42. The number of hydrogen-bond acceptors (Lipinski definition) is 1. The number of hydrogen-bond donors (Lipinski definition) is 1. The molecule has 0 aromatic carbocycles. The van der Waals surface area contributed by atoms with Crippen molar-refractivity contribution in [3.63, 3.8) is 0 Å². The van der Waals surface area contributed by atoms with Gasteiger partial charge in [-0.15, -0.1) is 11.6 Å². The summed E-state index contributed by atoms with van der Waals surface area (Å²) in [5.74, 6) is 2.74. The second-order valence-corrected chi connectivity index (χ2v) is 7.71. The Kier molecular flexibility index (Phi) is 6.85. The first kappa shape index (κ1) is 17.1. The number of halogens is 1. The molecule has 0 radical (unpaired) electrons. The summed E-state index contributed by atoms with van der Waals surface area (Å²) < 4.78 is 0. The highest BCUT2D eigenvalue weighted by atomic mass is 35.5. The molecule has 2 rings (SSSR count). The van der Waals surface area contributed by atoms with E-state index in [0.29, 0.717) is 12.5 Å². The Bertz CT molecular complexity index is 329. The fourth-order valence-corrected chi connectivity index (χ4v) is 4.85. The molecule has 21 heavy (non-hydrogen) atoms. The third-order valence-corrected chi connectivity index (χ3v) is 6.45. The number of rotatable bonds is 6. The Labute approximate surface area is 135 Å². The Morgan fingerprint density at radius 1 is 1.10 bits per heavy atom. The molecule has 0 aromatic rings. The van der Waals surface area contributed by atoms with Crippen LogP contribution in [-0.4, -0.2) is 17.8 Å². The van der Waals surface area contributed by atoms with Gasteiger partial charge in [-0.1, -0.05) is 52.4 Å². The van der Waals surface area contributed by atoms with Crippen LogP contribution in [0, 0.1) is 23.7 Å². The lowest BCUT2D eigenvalue weighted by atomic mass is 9.67. The maximum absolute atomic E-state index is 12.4. The highest BCUT2D eigenvalue weighted by molar-refractivity contribution is 6.21. The van der Waals surface area contributed by atoms with Gasteiger partial charge in [0.1, 0.15) is 0 Å². The average molecular weight is 314 g/mol. The fourth-order valence-electron chi connectivity index (χ4n) is 4.42. The van der Waals surface area contributed by atoms with Crippen LogP contribution >= 0.6 is 11.6 Å². The van der Waals surface area contributed by atoms with Crippen LogP contribution in [0.15, 0.2) is 0 Å². The number of carbonyl (C=O) groups excluding carboxylic acids is 1. The van der Waals surface area contributed by atoms with Crippen molar-refractivity contribution >= 4 is 17.5 Å². The first-order chi connectivity index (χ1) is 10.2. The third-order valence-electron chi connectivity index (χ3n) is 5.94. The molecule has 2 aliphatic carbocycles. The van der Waals surface area contributed by atoms with Crippen LogP contribution < -0.4 is 5.32 Å². The summed E-state index contributed by atoms with van der Waals surface area (Å²) in [7, 11) is 0. The van der Waals surface area contributed by atoms with Crippen LogP contribution in [0.25, 0.3) is 0 Å². The lowest BCUT2D eigenvalue weighted by Crippen LogP contribution is -2.40. The summed E-state index contributed by atoms with van der Waals surface area (Å²) in [6, 6.07) is 0. The Morgan fingerprint density at radius 3 is 2.43 bits per heavy atom. The van der Waals surface area contributed by atoms with Gasteiger partial charge in [-0.2, -0.15) is 0 Å². The van der Waals surface area contributed by atoms with Crippen molar-refractivity contribution in [2.45, 2.75) is 77.0 Å². The van der Waals surface area contributed by atoms with Crippen molar-refractivity contribution in [3.05, 3.63) is 0 Å². The SMILES string of the molecule is CCC(CC)C(Cl)CNC(=O)C1CCC2CCCCC2C1. The van der Waals surface area contributed by atoms with E-state index < -0.39 is 0 Å². The number of alkyl halides is 1. The summed E-state index contributed by atoms with van der Waals surface area (Å²) >= 11 is 6.43. The molecule has 2 fully saturated rings. The first-order valence-electron chi connectivity index (χ1n) is 9.07. The van der Waals surface area contributed by atoms with E-state index in [-0.39, 0.29) is 17.2 Å². The molecule has 0 bridgehead atoms. The van der Waals surface area contributed by atoms with E-state index in [2.05, 4.69) is 19.2 Å². The van der Waals surface area contributed by atoms with Gasteiger partial charge in [0, 0.05) is 12.5 Å². The van der Waals surface area contributed by atoms with Gasteiger partial charge in [-0.05, 0) is 37.0 Å². The monoisotopic (exact) mass is 313 g/mol. The van der Waals surface area contributed by atoms with Gasteiger partial charge in [-0.3, -0.25) is 4.79 Å². The van der Waals surface area contributed by atoms with E-state index in [1.807, 2.05) is 0 Å². The van der Waals surface area contributed by atoms with Gasteiger partial charge in [0.05, 0.1) is 5.38 Å². The van der Waals surface area contributed by atoms with Crippen LogP contribution in [0.1, 0.15) is 71.6 Å². The largest absolute Gasteiger partial charge is 0.354 e. The van der Waals surface area contributed by atoms with E-state index in [1.54, 1.807) is 0 Å². The molecular weight excluding hydrogens is 282 g/mol. The highest BCUT2D eigenvalue weighted by Gasteiger charge is 2.35. The predicted molar refractivity (Wildman–Crippen MR) is 89.5 cm³/mol.